The van der Waals surface area contributed by atoms with Gasteiger partial charge in [-0.15, -0.1) is 0 Å². The quantitative estimate of drug-likeness (QED) is 0.891. The Morgan fingerprint density at radius 2 is 2.35 bits per heavy atom. The van der Waals surface area contributed by atoms with Gasteiger partial charge in [-0.25, -0.2) is 0 Å². The summed E-state index contributed by atoms with van der Waals surface area (Å²) < 4.78 is 1.01. The number of nitrogens with zero attached hydrogens (tertiary/aromatic N) is 1. The molecule has 2 nitrogen and oxygen atoms in total. The molecule has 1 N–H and O–H groups in total. The van der Waals surface area contributed by atoms with Crippen LogP contribution >= 0.6 is 27.7 Å². The number of aromatic amines is 1. The highest BCUT2D eigenvalue weighted by Gasteiger charge is 2.14. The van der Waals surface area contributed by atoms with Crippen molar-refractivity contribution >= 4 is 48.6 Å². The molecule has 0 radical (unpaired) electrons. The fourth-order valence-corrected chi connectivity index (χ4v) is 3.43. The molecule has 1 aliphatic rings. The van der Waals surface area contributed by atoms with E-state index < -0.39 is 0 Å². The van der Waals surface area contributed by atoms with E-state index in [-0.39, 0.29) is 0 Å². The molecule has 0 amide bonds. The summed E-state index contributed by atoms with van der Waals surface area (Å²) in [5, 5.41) is 1.72. The van der Waals surface area contributed by atoms with Gasteiger partial charge in [0.15, 0.2) is 0 Å². The first-order chi connectivity index (χ1) is 8.31. The summed E-state index contributed by atoms with van der Waals surface area (Å²) in [4.78, 5) is 7.51. The van der Waals surface area contributed by atoms with Crippen LogP contribution in [0.4, 0.5) is 0 Å². The first-order valence-electron chi connectivity index (χ1n) is 5.43. The molecule has 2 heterocycles. The summed E-state index contributed by atoms with van der Waals surface area (Å²) in [6, 6.07) is 8.53. The largest absolute Gasteiger partial charge is 0.361 e. The van der Waals surface area contributed by atoms with Crippen LogP contribution in [-0.4, -0.2) is 20.7 Å². The Kier molecular flexibility index (Phi) is 3.07. The molecule has 1 aliphatic heterocycles. The second-order valence-electron chi connectivity index (χ2n) is 3.93. The van der Waals surface area contributed by atoms with Crippen LogP contribution in [0.3, 0.4) is 0 Å². The molecule has 0 saturated carbocycles. The average Bonchev–Trinajstić information content (AvgIpc) is 2.94. The number of benzene rings is 1. The summed E-state index contributed by atoms with van der Waals surface area (Å²) in [5.74, 6) is 0. The number of nitrogens with one attached hydrogen (secondary N) is 1. The predicted octanol–water partition coefficient (Wildman–Crippen LogP) is 4.05. The third kappa shape index (κ3) is 2.48. The predicted molar refractivity (Wildman–Crippen MR) is 79.9 cm³/mol. The molecule has 0 fully saturated rings. The van der Waals surface area contributed by atoms with Crippen LogP contribution in [0.2, 0.25) is 0 Å². The highest BCUT2D eigenvalue weighted by molar-refractivity contribution is 9.22. The first-order valence-corrected chi connectivity index (χ1v) is 7.10. The number of H-pyrrole nitrogens is 1. The van der Waals surface area contributed by atoms with Gasteiger partial charge in [-0.2, -0.15) is 0 Å². The van der Waals surface area contributed by atoms with E-state index in [9.17, 15) is 0 Å². The average molecular weight is 307 g/mol. The second kappa shape index (κ2) is 4.70. The Morgan fingerprint density at radius 1 is 1.41 bits per heavy atom. The molecule has 0 spiro atoms. The number of hydrogen-bond donors (Lipinski definition) is 1. The Balaban J connectivity index is 1.78. The number of aliphatic imine (C=N–C) groups is 1. The Bertz CT molecular complexity index is 600. The van der Waals surface area contributed by atoms with Crippen LogP contribution in [0.1, 0.15) is 5.56 Å². The minimum Gasteiger partial charge on any atom is -0.361 e. The van der Waals surface area contributed by atoms with E-state index >= 15 is 0 Å². The van der Waals surface area contributed by atoms with Crippen LogP contribution in [0, 0.1) is 0 Å². The monoisotopic (exact) mass is 306 g/mol. The number of fused-ring (bicyclic) bond motifs is 1. The highest BCUT2D eigenvalue weighted by Crippen LogP contribution is 2.26. The van der Waals surface area contributed by atoms with Crippen LogP contribution in [0.25, 0.3) is 17.0 Å². The van der Waals surface area contributed by atoms with Crippen molar-refractivity contribution in [2.24, 2.45) is 4.99 Å². The summed E-state index contributed by atoms with van der Waals surface area (Å²) in [5.41, 5.74) is 2.42. The lowest BCUT2D eigenvalue weighted by molar-refractivity contribution is 1.06. The summed E-state index contributed by atoms with van der Waals surface area (Å²) in [6.45, 7) is 0.869. The fourth-order valence-electron chi connectivity index (χ4n) is 1.86. The Morgan fingerprint density at radius 3 is 3.18 bits per heavy atom. The maximum Gasteiger partial charge on any atom is 0.134 e. The van der Waals surface area contributed by atoms with Gasteiger partial charge in [0.2, 0.25) is 0 Å². The minimum absolute atomic E-state index is 0.464. The van der Waals surface area contributed by atoms with Gasteiger partial charge in [0.25, 0.3) is 0 Å². The minimum atomic E-state index is 0.464. The first kappa shape index (κ1) is 11.1. The van der Waals surface area contributed by atoms with Crippen molar-refractivity contribution in [2.75, 3.05) is 6.54 Å². The normalized spacial score (nSPS) is 20.3. The fraction of sp³-hybridized carbons (Fsp3) is 0.154. The van der Waals surface area contributed by atoms with Gasteiger partial charge in [0, 0.05) is 17.0 Å². The van der Waals surface area contributed by atoms with Crippen molar-refractivity contribution in [3.63, 3.8) is 0 Å². The molecule has 1 atom stereocenters. The standard InChI is InChI=1S/C13H11BrN2S/c14-13-16-8-11(17-13)3-1-9-2-4-12-10(7-9)5-6-15-12/h1-7,11,15H,8H2. The van der Waals surface area contributed by atoms with E-state index in [1.807, 2.05) is 6.20 Å². The molecule has 86 valence electrons. The zero-order chi connectivity index (χ0) is 11.7. The Labute approximate surface area is 112 Å². The van der Waals surface area contributed by atoms with Crippen molar-refractivity contribution < 1.29 is 0 Å². The summed E-state index contributed by atoms with van der Waals surface area (Å²) in [6.07, 6.45) is 6.36. The smallest absolute Gasteiger partial charge is 0.134 e. The molecule has 4 heteroatoms. The molecule has 0 aliphatic carbocycles. The molecule has 1 aromatic carbocycles. The van der Waals surface area contributed by atoms with Crippen molar-refractivity contribution in [1.82, 2.24) is 4.98 Å². The van der Waals surface area contributed by atoms with E-state index in [1.54, 1.807) is 11.8 Å². The van der Waals surface area contributed by atoms with E-state index in [1.165, 1.54) is 16.5 Å². The van der Waals surface area contributed by atoms with Crippen LogP contribution in [0.5, 0.6) is 0 Å². The van der Waals surface area contributed by atoms with Gasteiger partial charge in [0.05, 0.1) is 6.54 Å². The van der Waals surface area contributed by atoms with Crippen molar-refractivity contribution in [3.05, 3.63) is 42.1 Å². The topological polar surface area (TPSA) is 28.1 Å². The van der Waals surface area contributed by atoms with Gasteiger partial charge >= 0.3 is 0 Å². The maximum absolute atomic E-state index is 4.31. The van der Waals surface area contributed by atoms with Gasteiger partial charge < -0.3 is 4.98 Å². The lowest BCUT2D eigenvalue weighted by Crippen LogP contribution is -1.96. The third-order valence-corrected chi connectivity index (χ3v) is 4.47. The second-order valence-corrected chi connectivity index (χ2v) is 6.44. The van der Waals surface area contributed by atoms with E-state index in [0.29, 0.717) is 5.25 Å². The molecular weight excluding hydrogens is 296 g/mol. The molecule has 1 unspecified atom stereocenters. The lowest BCUT2D eigenvalue weighted by Gasteiger charge is -1.99. The zero-order valence-corrected chi connectivity index (χ0v) is 11.5. The van der Waals surface area contributed by atoms with Crippen LogP contribution in [-0.2, 0) is 0 Å². The summed E-state index contributed by atoms with van der Waals surface area (Å²) >= 11 is 5.17. The van der Waals surface area contributed by atoms with Gasteiger partial charge in [-0.3, -0.25) is 4.99 Å². The van der Waals surface area contributed by atoms with Gasteiger partial charge in [-0.1, -0.05) is 30.0 Å². The molecule has 0 bridgehead atoms. The number of aromatic nitrogens is 1. The SMILES string of the molecule is BrC1=NCC(C=Cc2ccc3[nH]ccc3c2)S1. The zero-order valence-electron chi connectivity index (χ0n) is 9.06. The summed E-state index contributed by atoms with van der Waals surface area (Å²) in [7, 11) is 0. The third-order valence-electron chi connectivity index (χ3n) is 2.72. The van der Waals surface area contributed by atoms with E-state index in [0.717, 1.165) is 10.5 Å². The van der Waals surface area contributed by atoms with Crippen LogP contribution in [0.15, 0.2) is 41.5 Å². The number of rotatable bonds is 2. The molecule has 3 rings (SSSR count). The number of hydrogen-bond acceptors (Lipinski definition) is 2. The van der Waals surface area contributed by atoms with E-state index in [4.69, 9.17) is 0 Å². The van der Waals surface area contributed by atoms with Gasteiger partial charge in [0.1, 0.15) is 3.95 Å². The molecule has 17 heavy (non-hydrogen) atoms. The number of halogens is 1. The Hall–Kier alpha value is -1.00. The molecule has 0 saturated heterocycles. The highest BCUT2D eigenvalue weighted by atomic mass is 79.9. The molecular formula is C13H11BrN2S. The number of thioether (sulfide) groups is 1. The van der Waals surface area contributed by atoms with Crippen molar-refractivity contribution in [1.29, 1.82) is 0 Å². The lowest BCUT2D eigenvalue weighted by atomic mass is 10.1. The van der Waals surface area contributed by atoms with Crippen molar-refractivity contribution in [2.45, 2.75) is 5.25 Å². The van der Waals surface area contributed by atoms with Crippen LogP contribution < -0.4 is 0 Å². The molecule has 1 aromatic heterocycles. The van der Waals surface area contributed by atoms with Crippen molar-refractivity contribution in [3.8, 4) is 0 Å². The molecule has 2 aromatic rings. The van der Waals surface area contributed by atoms with Gasteiger partial charge in [-0.05, 0) is 45.1 Å². The van der Waals surface area contributed by atoms with E-state index in [2.05, 4.69) is 62.3 Å². The maximum atomic E-state index is 4.31.